The molecule has 0 saturated carbocycles. The summed E-state index contributed by atoms with van der Waals surface area (Å²) in [6.07, 6.45) is 12.8. The molecule has 0 radical (unpaired) electrons. The van der Waals surface area contributed by atoms with Crippen molar-refractivity contribution < 1.29 is 0 Å². The summed E-state index contributed by atoms with van der Waals surface area (Å²) in [5.74, 6) is 0.656. The predicted octanol–water partition coefficient (Wildman–Crippen LogP) is 5.26. The zero-order valence-electron chi connectivity index (χ0n) is 12.8. The lowest BCUT2D eigenvalue weighted by atomic mass is 9.44. The zero-order chi connectivity index (χ0) is 13.9. The number of rotatable bonds is 10. The van der Waals surface area contributed by atoms with Gasteiger partial charge in [0.15, 0.2) is 7.28 Å². The summed E-state index contributed by atoms with van der Waals surface area (Å²) < 4.78 is 0. The highest BCUT2D eigenvalue weighted by molar-refractivity contribution is 6.44. The van der Waals surface area contributed by atoms with E-state index in [1.54, 1.807) is 0 Å². The molecule has 0 rings (SSSR count). The largest absolute Gasteiger partial charge is 0.198 e. The molecule has 0 N–H and O–H groups in total. The van der Waals surface area contributed by atoms with Crippen molar-refractivity contribution in [1.29, 1.82) is 5.26 Å². The van der Waals surface area contributed by atoms with Gasteiger partial charge in [0.2, 0.25) is 0 Å². The zero-order valence-corrected chi connectivity index (χ0v) is 12.8. The second-order valence-corrected chi connectivity index (χ2v) is 5.59. The Labute approximate surface area is 115 Å². The van der Waals surface area contributed by atoms with Gasteiger partial charge >= 0.3 is 0 Å². The highest BCUT2D eigenvalue weighted by Crippen LogP contribution is 2.35. The first-order valence-corrected chi connectivity index (χ1v) is 7.73. The first-order chi connectivity index (χ1) is 8.64. The molecule has 0 aromatic heterocycles. The van der Waals surface area contributed by atoms with Gasteiger partial charge in [0.25, 0.3) is 0 Å². The molecule has 1 nitrogen and oxygen atoms in total. The molecule has 0 fully saturated rings. The Morgan fingerprint density at radius 1 is 1.22 bits per heavy atom. The lowest BCUT2D eigenvalue weighted by molar-refractivity contribution is 0.615. The molecule has 2 unspecified atom stereocenters. The summed E-state index contributed by atoms with van der Waals surface area (Å²) in [7, 11) is 1.02. The van der Waals surface area contributed by atoms with Crippen LogP contribution in [-0.2, 0) is 0 Å². The summed E-state index contributed by atoms with van der Waals surface area (Å²) in [5, 5.41) is 9.24. The van der Waals surface area contributed by atoms with E-state index in [2.05, 4.69) is 45.9 Å². The lowest BCUT2D eigenvalue weighted by Crippen LogP contribution is -2.19. The number of unbranched alkanes of at least 4 members (excludes halogenated alkanes) is 3. The second-order valence-electron chi connectivity index (χ2n) is 5.59. The number of allylic oxidation sites excluding steroid dienone is 2. The third kappa shape index (κ3) is 6.89. The fourth-order valence-electron chi connectivity index (χ4n) is 2.48. The van der Waals surface area contributed by atoms with Crippen LogP contribution in [0.25, 0.3) is 0 Å². The average Bonchev–Trinajstić information content (AvgIpc) is 2.40. The van der Waals surface area contributed by atoms with Crippen molar-refractivity contribution in [2.45, 2.75) is 83.8 Å². The Bertz CT molecular complexity index is 267. The van der Waals surface area contributed by atoms with Crippen molar-refractivity contribution in [1.82, 2.24) is 0 Å². The van der Waals surface area contributed by atoms with Gasteiger partial charge in [-0.1, -0.05) is 77.8 Å². The van der Waals surface area contributed by atoms with Crippen LogP contribution in [0.1, 0.15) is 72.6 Å². The summed E-state index contributed by atoms with van der Waals surface area (Å²) in [6, 6.07) is 2.55. The molecule has 0 heterocycles. The Hall–Kier alpha value is -0.705. The SMILES string of the molecule is CCC=CC(BC(C)CCCCCC)(C#N)CC. The van der Waals surface area contributed by atoms with E-state index in [1.165, 1.54) is 32.1 Å². The fraction of sp³-hybridized carbons (Fsp3) is 0.812. The minimum absolute atomic E-state index is 0.222. The molecule has 2 heteroatoms. The van der Waals surface area contributed by atoms with E-state index in [-0.39, 0.29) is 5.31 Å². The Kier molecular flexibility index (Phi) is 9.84. The summed E-state index contributed by atoms with van der Waals surface area (Å²) in [4.78, 5) is 0. The quantitative estimate of drug-likeness (QED) is 0.293. The maximum atomic E-state index is 9.46. The fourth-order valence-corrected chi connectivity index (χ4v) is 2.48. The van der Waals surface area contributed by atoms with E-state index in [0.29, 0.717) is 5.82 Å². The predicted molar refractivity (Wildman–Crippen MR) is 83.4 cm³/mol. The molecule has 18 heavy (non-hydrogen) atoms. The molecule has 0 spiro atoms. The van der Waals surface area contributed by atoms with E-state index in [4.69, 9.17) is 0 Å². The highest BCUT2D eigenvalue weighted by atomic mass is 14.3. The minimum Gasteiger partial charge on any atom is -0.198 e. The highest BCUT2D eigenvalue weighted by Gasteiger charge is 2.28. The summed E-state index contributed by atoms with van der Waals surface area (Å²) in [5.41, 5.74) is 0. The van der Waals surface area contributed by atoms with Gasteiger partial charge in [-0.25, -0.2) is 0 Å². The van der Waals surface area contributed by atoms with Crippen molar-refractivity contribution in [3.05, 3.63) is 12.2 Å². The molecule has 2 atom stereocenters. The van der Waals surface area contributed by atoms with Crippen LogP contribution in [0.3, 0.4) is 0 Å². The van der Waals surface area contributed by atoms with Gasteiger partial charge in [-0.05, 0) is 12.8 Å². The van der Waals surface area contributed by atoms with E-state index in [1.807, 2.05) is 0 Å². The van der Waals surface area contributed by atoms with Gasteiger partial charge in [0, 0.05) is 5.31 Å². The van der Waals surface area contributed by atoms with Crippen LogP contribution in [0.15, 0.2) is 12.2 Å². The summed E-state index contributed by atoms with van der Waals surface area (Å²) in [6.45, 7) is 8.81. The van der Waals surface area contributed by atoms with E-state index >= 15 is 0 Å². The van der Waals surface area contributed by atoms with Crippen molar-refractivity contribution in [3.8, 4) is 6.07 Å². The van der Waals surface area contributed by atoms with Gasteiger partial charge in [-0.3, -0.25) is 0 Å². The van der Waals surface area contributed by atoms with Crippen LogP contribution in [-0.4, -0.2) is 7.28 Å². The first kappa shape index (κ1) is 17.3. The van der Waals surface area contributed by atoms with Crippen molar-refractivity contribution >= 4 is 7.28 Å². The van der Waals surface area contributed by atoms with Gasteiger partial charge < -0.3 is 0 Å². The Morgan fingerprint density at radius 3 is 2.44 bits per heavy atom. The maximum Gasteiger partial charge on any atom is 0.154 e. The average molecular weight is 247 g/mol. The maximum absolute atomic E-state index is 9.46. The molecule has 0 aromatic rings. The lowest BCUT2D eigenvalue weighted by Gasteiger charge is -2.23. The first-order valence-electron chi connectivity index (χ1n) is 7.73. The van der Waals surface area contributed by atoms with Crippen LogP contribution in [0.5, 0.6) is 0 Å². The van der Waals surface area contributed by atoms with Crippen LogP contribution >= 0.6 is 0 Å². The van der Waals surface area contributed by atoms with E-state index < -0.39 is 0 Å². The standard InChI is InChI=1S/C16H30BN/c1-5-8-10-11-12-15(4)17-16(7-3,14-18)13-9-6-2/h9,13,15,17H,5-8,10-12H2,1-4H3. The number of hydrogen-bond donors (Lipinski definition) is 0. The summed E-state index contributed by atoms with van der Waals surface area (Å²) >= 11 is 0. The Morgan fingerprint density at radius 2 is 1.94 bits per heavy atom. The molecular weight excluding hydrogens is 217 g/mol. The topological polar surface area (TPSA) is 23.8 Å². The third-order valence-corrected chi connectivity index (χ3v) is 3.79. The van der Waals surface area contributed by atoms with Crippen molar-refractivity contribution in [3.63, 3.8) is 0 Å². The number of nitrogens with zero attached hydrogens (tertiary/aromatic N) is 1. The monoisotopic (exact) mass is 247 g/mol. The smallest absolute Gasteiger partial charge is 0.154 e. The molecule has 0 aliphatic heterocycles. The van der Waals surface area contributed by atoms with Crippen LogP contribution in [0.2, 0.25) is 11.1 Å². The Balaban J connectivity index is 4.24. The van der Waals surface area contributed by atoms with Crippen LogP contribution in [0.4, 0.5) is 0 Å². The van der Waals surface area contributed by atoms with Crippen molar-refractivity contribution in [2.75, 3.05) is 0 Å². The number of hydrogen-bond acceptors (Lipinski definition) is 1. The van der Waals surface area contributed by atoms with Gasteiger partial charge in [-0.2, -0.15) is 5.26 Å². The van der Waals surface area contributed by atoms with E-state index in [0.717, 1.165) is 20.1 Å². The molecule has 0 aliphatic carbocycles. The molecule has 0 aliphatic rings. The molecule has 0 bridgehead atoms. The second kappa shape index (κ2) is 10.2. The third-order valence-electron chi connectivity index (χ3n) is 3.79. The molecular formula is C16H30BN. The van der Waals surface area contributed by atoms with Crippen LogP contribution in [0, 0.1) is 11.3 Å². The van der Waals surface area contributed by atoms with Gasteiger partial charge in [0.1, 0.15) is 0 Å². The van der Waals surface area contributed by atoms with Gasteiger partial charge in [-0.15, -0.1) is 0 Å². The van der Waals surface area contributed by atoms with Gasteiger partial charge in [0.05, 0.1) is 6.07 Å². The molecule has 0 aromatic carbocycles. The molecule has 102 valence electrons. The normalized spacial score (nSPS) is 16.2. The minimum atomic E-state index is -0.222. The van der Waals surface area contributed by atoms with Crippen molar-refractivity contribution in [2.24, 2.45) is 0 Å². The molecule has 0 saturated heterocycles. The van der Waals surface area contributed by atoms with E-state index in [9.17, 15) is 5.26 Å². The molecule has 0 amide bonds. The van der Waals surface area contributed by atoms with Crippen LogP contribution < -0.4 is 0 Å². The number of nitriles is 1.